The molecule has 1 aromatic heterocycles. The first-order chi connectivity index (χ1) is 15.7. The third kappa shape index (κ3) is 4.10. The van der Waals surface area contributed by atoms with Gasteiger partial charge in [-0.25, -0.2) is 8.42 Å². The van der Waals surface area contributed by atoms with Crippen molar-refractivity contribution >= 4 is 49.6 Å². The van der Waals surface area contributed by atoms with E-state index in [1.807, 2.05) is 6.92 Å². The number of thiazole rings is 1. The molecule has 1 saturated heterocycles. The Kier molecular flexibility index (Phi) is 5.82. The number of hydrogen-bond acceptors (Lipinski definition) is 6. The minimum atomic E-state index is -3.70. The maximum absolute atomic E-state index is 13.2. The van der Waals surface area contributed by atoms with E-state index in [2.05, 4.69) is 5.32 Å². The van der Waals surface area contributed by atoms with Crippen LogP contribution in [0.1, 0.15) is 27.3 Å². The average Bonchev–Trinajstić information content (AvgIpc) is 3.14. The van der Waals surface area contributed by atoms with Crippen LogP contribution >= 0.6 is 22.9 Å². The van der Waals surface area contributed by atoms with Gasteiger partial charge in [0.25, 0.3) is 0 Å². The Labute approximate surface area is 201 Å². The van der Waals surface area contributed by atoms with Gasteiger partial charge < -0.3 is 15.4 Å². The summed E-state index contributed by atoms with van der Waals surface area (Å²) in [5, 5.41) is 18.4. The molecule has 1 atom stereocenters. The van der Waals surface area contributed by atoms with Crippen LogP contribution in [0.25, 0.3) is 10.8 Å². The van der Waals surface area contributed by atoms with E-state index in [1.54, 1.807) is 41.3 Å². The van der Waals surface area contributed by atoms with Crippen molar-refractivity contribution in [2.24, 2.45) is 0 Å². The second-order valence-corrected chi connectivity index (χ2v) is 11.9. The van der Waals surface area contributed by atoms with E-state index in [1.165, 1.54) is 15.6 Å². The van der Waals surface area contributed by atoms with Crippen LogP contribution in [0.2, 0.25) is 5.02 Å². The Morgan fingerprint density at radius 3 is 2.61 bits per heavy atom. The van der Waals surface area contributed by atoms with Gasteiger partial charge in [-0.3, -0.25) is 4.79 Å². The summed E-state index contributed by atoms with van der Waals surface area (Å²) in [5.74, 6) is -0.336. The van der Waals surface area contributed by atoms with Gasteiger partial charge in [-0.15, -0.1) is 0 Å². The molecule has 3 heterocycles. The largest absolute Gasteiger partial charge is 0.617 e. The standard InChI is InChI=1S/C22H23ClN4O4S2/c1-14-10-19-20(13-24-14)32-22(27(19)29)21(28)25-6-8-26(9-7-25)33(30,31)18-5-3-15-11-17(23)4-2-16(15)12-18/h2-5,11-12,14,24H,6-10,13H2,1H3. The summed E-state index contributed by atoms with van der Waals surface area (Å²) in [6.45, 7) is 3.41. The topological polar surface area (TPSA) is 96.7 Å². The molecule has 2 aliphatic heterocycles. The molecule has 8 nitrogen and oxygen atoms in total. The van der Waals surface area contributed by atoms with Gasteiger partial charge in [-0.05, 0) is 42.0 Å². The Balaban J connectivity index is 1.31. The number of nitrogens with one attached hydrogen (secondary N) is 1. The van der Waals surface area contributed by atoms with Crippen LogP contribution in [0.3, 0.4) is 0 Å². The SMILES string of the molecule is CC1Cc2c(sc(C(=O)N3CCN(S(=O)(=O)c4ccc5cc(Cl)ccc5c4)CC3)[n+]2[O-])CN1. The fraction of sp³-hybridized carbons (Fsp3) is 0.364. The molecule has 5 rings (SSSR count). The van der Waals surface area contributed by atoms with Crippen LogP contribution < -0.4 is 10.0 Å². The number of aromatic nitrogens is 1. The van der Waals surface area contributed by atoms with Gasteiger partial charge in [0.2, 0.25) is 15.7 Å². The summed E-state index contributed by atoms with van der Waals surface area (Å²) in [4.78, 5) is 15.7. The van der Waals surface area contributed by atoms with E-state index >= 15 is 0 Å². The number of sulfonamides is 1. The van der Waals surface area contributed by atoms with Crippen LogP contribution in [0.5, 0.6) is 0 Å². The predicted molar refractivity (Wildman–Crippen MR) is 127 cm³/mol. The molecule has 1 amide bonds. The predicted octanol–water partition coefficient (Wildman–Crippen LogP) is 2.37. The highest BCUT2D eigenvalue weighted by atomic mass is 35.5. The third-order valence-electron chi connectivity index (χ3n) is 6.20. The lowest BCUT2D eigenvalue weighted by atomic mass is 10.1. The number of benzene rings is 2. The van der Waals surface area contributed by atoms with Gasteiger partial charge in [-0.1, -0.05) is 35.1 Å². The average molecular weight is 507 g/mol. The molecule has 0 spiro atoms. The minimum Gasteiger partial charge on any atom is -0.617 e. The number of rotatable bonds is 3. The van der Waals surface area contributed by atoms with Gasteiger partial charge in [0.05, 0.1) is 16.2 Å². The minimum absolute atomic E-state index is 0.153. The maximum Gasteiger partial charge on any atom is 0.339 e. The third-order valence-corrected chi connectivity index (χ3v) is 9.49. The van der Waals surface area contributed by atoms with E-state index in [-0.39, 0.29) is 48.0 Å². The summed E-state index contributed by atoms with van der Waals surface area (Å²) in [6, 6.07) is 10.5. The lowest BCUT2D eigenvalue weighted by Gasteiger charge is -2.33. The fourth-order valence-corrected chi connectivity index (χ4v) is 7.04. The van der Waals surface area contributed by atoms with E-state index < -0.39 is 10.0 Å². The molecule has 2 aromatic carbocycles. The molecule has 1 N–H and O–H groups in total. The van der Waals surface area contributed by atoms with Crippen molar-refractivity contribution < 1.29 is 17.9 Å². The number of carbonyl (C=O) groups excluding carboxylic acids is 1. The van der Waals surface area contributed by atoms with Crippen LogP contribution in [0, 0.1) is 5.21 Å². The monoisotopic (exact) mass is 506 g/mol. The smallest absolute Gasteiger partial charge is 0.339 e. The lowest BCUT2D eigenvalue weighted by molar-refractivity contribution is -0.611. The van der Waals surface area contributed by atoms with Gasteiger partial charge in [0, 0.05) is 43.8 Å². The van der Waals surface area contributed by atoms with Gasteiger partial charge in [0.15, 0.2) is 0 Å². The summed E-state index contributed by atoms with van der Waals surface area (Å²) < 4.78 is 28.6. The van der Waals surface area contributed by atoms with Crippen molar-refractivity contribution in [3.05, 3.63) is 62.2 Å². The lowest BCUT2D eigenvalue weighted by Crippen LogP contribution is -2.52. The van der Waals surface area contributed by atoms with Gasteiger partial charge in [0.1, 0.15) is 0 Å². The highest BCUT2D eigenvalue weighted by molar-refractivity contribution is 7.89. The molecule has 0 saturated carbocycles. The molecule has 0 bridgehead atoms. The van der Waals surface area contributed by atoms with Crippen molar-refractivity contribution in [1.82, 2.24) is 14.5 Å². The van der Waals surface area contributed by atoms with Crippen molar-refractivity contribution in [3.63, 3.8) is 0 Å². The highest BCUT2D eigenvalue weighted by Gasteiger charge is 2.36. The van der Waals surface area contributed by atoms with Gasteiger partial charge in [-0.2, -0.15) is 9.04 Å². The number of hydrogen-bond donors (Lipinski definition) is 1. The molecule has 11 heteroatoms. The van der Waals surface area contributed by atoms with E-state index in [0.29, 0.717) is 23.7 Å². The molecule has 1 fully saturated rings. The van der Waals surface area contributed by atoms with Crippen molar-refractivity contribution in [2.45, 2.75) is 30.8 Å². The number of halogens is 1. The van der Waals surface area contributed by atoms with Crippen LogP contribution in [-0.2, 0) is 23.0 Å². The quantitative estimate of drug-likeness (QED) is 0.434. The Morgan fingerprint density at radius 1 is 1.15 bits per heavy atom. The molecule has 1 unspecified atom stereocenters. The van der Waals surface area contributed by atoms with Crippen LogP contribution in [0.4, 0.5) is 0 Å². The Hall–Kier alpha value is -2.24. The van der Waals surface area contributed by atoms with E-state index in [0.717, 1.165) is 20.4 Å². The van der Waals surface area contributed by atoms with Crippen molar-refractivity contribution in [2.75, 3.05) is 26.2 Å². The zero-order valence-electron chi connectivity index (χ0n) is 18.0. The molecule has 0 radical (unpaired) electrons. The fourth-order valence-electron chi connectivity index (χ4n) is 4.32. The zero-order valence-corrected chi connectivity index (χ0v) is 20.3. The Morgan fingerprint density at radius 2 is 1.85 bits per heavy atom. The molecular formula is C22H23ClN4O4S2. The number of amides is 1. The first-order valence-electron chi connectivity index (χ1n) is 10.7. The number of carbonyl (C=O) groups is 1. The summed E-state index contributed by atoms with van der Waals surface area (Å²) in [5.41, 5.74) is 0.661. The number of nitrogens with zero attached hydrogens (tertiary/aromatic N) is 3. The molecule has 3 aromatic rings. The first-order valence-corrected chi connectivity index (χ1v) is 13.3. The van der Waals surface area contributed by atoms with Crippen molar-refractivity contribution in [1.29, 1.82) is 0 Å². The van der Waals surface area contributed by atoms with E-state index in [4.69, 9.17) is 11.6 Å². The van der Waals surface area contributed by atoms with Crippen LogP contribution in [-0.4, -0.2) is 55.8 Å². The van der Waals surface area contributed by atoms with Crippen molar-refractivity contribution in [3.8, 4) is 0 Å². The van der Waals surface area contributed by atoms with Crippen LogP contribution in [0.15, 0.2) is 41.3 Å². The number of piperazine rings is 1. The maximum atomic E-state index is 13.2. The molecule has 2 aliphatic rings. The zero-order chi connectivity index (χ0) is 23.3. The highest BCUT2D eigenvalue weighted by Crippen LogP contribution is 2.26. The molecule has 174 valence electrons. The normalized spacial score (nSPS) is 19.6. The molecule has 0 aliphatic carbocycles. The summed E-state index contributed by atoms with van der Waals surface area (Å²) >= 11 is 7.24. The number of fused-ring (bicyclic) bond motifs is 2. The second kappa shape index (κ2) is 8.52. The van der Waals surface area contributed by atoms with Gasteiger partial charge >= 0.3 is 10.9 Å². The first kappa shape index (κ1) is 22.5. The summed E-state index contributed by atoms with van der Waals surface area (Å²) in [6.07, 6.45) is 0.590. The van der Waals surface area contributed by atoms with E-state index in [9.17, 15) is 18.4 Å². The molecular weight excluding hydrogens is 484 g/mol. The second-order valence-electron chi connectivity index (χ2n) is 8.41. The summed E-state index contributed by atoms with van der Waals surface area (Å²) in [7, 11) is -3.70. The Bertz CT molecular complexity index is 1350. The molecule has 33 heavy (non-hydrogen) atoms.